The zero-order valence-corrected chi connectivity index (χ0v) is 18.8. The molecular formula is C23H24F2N10. The van der Waals surface area contributed by atoms with Crippen molar-refractivity contribution in [1.82, 2.24) is 29.5 Å². The SMILES string of the molecule is N=Cc1c(NCCN2CCN(c3ccc(F)cc3F)CC2)nc(N)n2nc(-c3cccnc3)nc12. The number of fused-ring (bicyclic) bond motifs is 1. The standard InChI is InChI=1S/C23H24F2N10/c24-16-3-4-19(18(25)12-16)34-10-8-33(9-11-34)7-6-29-21-17(13-26)22-30-20(15-2-1-5-28-14-15)32-35(22)23(27)31-21/h1-5,12-14,26,29H,6-11H2,(H2,27,31). The van der Waals surface area contributed by atoms with Crippen LogP contribution in [-0.2, 0) is 0 Å². The lowest BCUT2D eigenvalue weighted by atomic mass is 10.2. The van der Waals surface area contributed by atoms with Gasteiger partial charge >= 0.3 is 0 Å². The van der Waals surface area contributed by atoms with E-state index in [9.17, 15) is 8.78 Å². The van der Waals surface area contributed by atoms with E-state index in [0.717, 1.165) is 31.3 Å². The van der Waals surface area contributed by atoms with Gasteiger partial charge in [-0.05, 0) is 24.3 Å². The Morgan fingerprint density at radius 3 is 2.66 bits per heavy atom. The zero-order valence-electron chi connectivity index (χ0n) is 18.8. The zero-order chi connectivity index (χ0) is 24.4. The van der Waals surface area contributed by atoms with Crippen LogP contribution in [0.4, 0.5) is 26.2 Å². The van der Waals surface area contributed by atoms with E-state index in [1.54, 1.807) is 18.5 Å². The summed E-state index contributed by atoms with van der Waals surface area (Å²) in [6.07, 6.45) is 4.51. The fraction of sp³-hybridized carbons (Fsp3) is 0.261. The summed E-state index contributed by atoms with van der Waals surface area (Å²) in [4.78, 5) is 17.2. The Morgan fingerprint density at radius 2 is 1.94 bits per heavy atom. The first-order chi connectivity index (χ1) is 17.0. The molecule has 0 atom stereocenters. The summed E-state index contributed by atoms with van der Waals surface area (Å²) in [5.41, 5.74) is 8.21. The normalized spacial score (nSPS) is 14.4. The van der Waals surface area contributed by atoms with Crippen LogP contribution in [0, 0.1) is 17.0 Å². The van der Waals surface area contributed by atoms with Crippen LogP contribution in [0.25, 0.3) is 17.0 Å². The molecule has 3 aromatic heterocycles. The Kier molecular flexibility index (Phi) is 6.19. The molecule has 0 bridgehead atoms. The number of benzene rings is 1. The Balaban J connectivity index is 1.24. The molecule has 5 rings (SSSR count). The Morgan fingerprint density at radius 1 is 1.11 bits per heavy atom. The number of anilines is 3. The summed E-state index contributed by atoms with van der Waals surface area (Å²) >= 11 is 0. The van der Waals surface area contributed by atoms with Crippen molar-refractivity contribution in [1.29, 1.82) is 5.41 Å². The lowest BCUT2D eigenvalue weighted by Crippen LogP contribution is -2.48. The van der Waals surface area contributed by atoms with Crippen molar-refractivity contribution in [2.45, 2.75) is 0 Å². The maximum atomic E-state index is 14.1. The minimum atomic E-state index is -0.577. The smallest absolute Gasteiger partial charge is 0.225 e. The number of halogens is 2. The summed E-state index contributed by atoms with van der Waals surface area (Å²) in [7, 11) is 0. The van der Waals surface area contributed by atoms with Gasteiger partial charge in [0.1, 0.15) is 17.5 Å². The first-order valence-electron chi connectivity index (χ1n) is 11.2. The molecule has 0 aliphatic carbocycles. The van der Waals surface area contributed by atoms with E-state index < -0.39 is 11.6 Å². The largest absolute Gasteiger partial charge is 0.368 e. The average molecular weight is 479 g/mol. The van der Waals surface area contributed by atoms with Crippen molar-refractivity contribution in [2.75, 3.05) is 55.2 Å². The number of hydrogen-bond donors (Lipinski definition) is 3. The summed E-state index contributed by atoms with van der Waals surface area (Å²) < 4.78 is 28.7. The number of pyridine rings is 1. The summed E-state index contributed by atoms with van der Waals surface area (Å²) in [5.74, 6) is -0.0548. The van der Waals surface area contributed by atoms with Gasteiger partial charge in [0.2, 0.25) is 5.95 Å². The van der Waals surface area contributed by atoms with Crippen molar-refractivity contribution in [3.05, 3.63) is 59.9 Å². The molecule has 1 saturated heterocycles. The van der Waals surface area contributed by atoms with E-state index in [2.05, 4.69) is 30.3 Å². The van der Waals surface area contributed by atoms with Gasteiger partial charge in [0, 0.05) is 69.5 Å². The number of hydrogen-bond acceptors (Lipinski definition) is 9. The second kappa shape index (κ2) is 9.58. The van der Waals surface area contributed by atoms with E-state index in [0.29, 0.717) is 48.2 Å². The molecule has 0 unspecified atom stereocenters. The van der Waals surface area contributed by atoms with Crippen LogP contribution in [0.15, 0.2) is 42.7 Å². The van der Waals surface area contributed by atoms with Crippen molar-refractivity contribution >= 4 is 29.3 Å². The molecule has 1 fully saturated rings. The number of aromatic nitrogens is 5. The monoisotopic (exact) mass is 478 g/mol. The molecule has 35 heavy (non-hydrogen) atoms. The van der Waals surface area contributed by atoms with Crippen LogP contribution < -0.4 is 16.0 Å². The molecule has 0 spiro atoms. The fourth-order valence-electron chi connectivity index (χ4n) is 4.14. The third-order valence-corrected chi connectivity index (χ3v) is 5.95. The summed E-state index contributed by atoms with van der Waals surface area (Å²) in [6, 6.07) is 7.32. The lowest BCUT2D eigenvalue weighted by Gasteiger charge is -2.36. The average Bonchev–Trinajstić information content (AvgIpc) is 3.32. The maximum Gasteiger partial charge on any atom is 0.225 e. The van der Waals surface area contributed by atoms with Crippen LogP contribution in [0.3, 0.4) is 0 Å². The molecule has 4 N–H and O–H groups in total. The highest BCUT2D eigenvalue weighted by Crippen LogP contribution is 2.23. The highest BCUT2D eigenvalue weighted by Gasteiger charge is 2.20. The van der Waals surface area contributed by atoms with Gasteiger partial charge in [-0.15, -0.1) is 5.10 Å². The van der Waals surface area contributed by atoms with Gasteiger partial charge < -0.3 is 21.4 Å². The van der Waals surface area contributed by atoms with Crippen molar-refractivity contribution in [2.24, 2.45) is 0 Å². The van der Waals surface area contributed by atoms with Gasteiger partial charge in [-0.3, -0.25) is 9.88 Å². The van der Waals surface area contributed by atoms with Crippen LogP contribution in [-0.4, -0.2) is 74.9 Å². The highest BCUT2D eigenvalue weighted by molar-refractivity contribution is 5.93. The van der Waals surface area contributed by atoms with Crippen molar-refractivity contribution in [3.63, 3.8) is 0 Å². The van der Waals surface area contributed by atoms with Crippen LogP contribution in [0.1, 0.15) is 5.56 Å². The van der Waals surface area contributed by atoms with Gasteiger partial charge in [-0.2, -0.15) is 9.50 Å². The van der Waals surface area contributed by atoms with Gasteiger partial charge in [0.15, 0.2) is 11.5 Å². The second-order valence-electron chi connectivity index (χ2n) is 8.14. The molecule has 4 aromatic rings. The Bertz CT molecular complexity index is 1350. The van der Waals surface area contributed by atoms with Crippen LogP contribution in [0.5, 0.6) is 0 Å². The van der Waals surface area contributed by atoms with E-state index >= 15 is 0 Å². The Labute approximate surface area is 199 Å². The molecule has 0 saturated carbocycles. The molecule has 10 nitrogen and oxygen atoms in total. The molecule has 0 radical (unpaired) electrons. The van der Waals surface area contributed by atoms with E-state index in [4.69, 9.17) is 11.1 Å². The number of nitrogens with zero attached hydrogens (tertiary/aromatic N) is 7. The maximum absolute atomic E-state index is 14.1. The molecule has 4 heterocycles. The van der Waals surface area contributed by atoms with Crippen molar-refractivity contribution in [3.8, 4) is 11.4 Å². The molecule has 180 valence electrons. The van der Waals surface area contributed by atoms with Gasteiger partial charge in [0.25, 0.3) is 0 Å². The van der Waals surface area contributed by atoms with Gasteiger partial charge in [-0.1, -0.05) is 0 Å². The van der Waals surface area contributed by atoms with E-state index in [1.165, 1.54) is 22.9 Å². The summed E-state index contributed by atoms with van der Waals surface area (Å²) in [6.45, 7) is 4.05. The predicted molar refractivity (Wildman–Crippen MR) is 130 cm³/mol. The number of nitrogens with one attached hydrogen (secondary N) is 2. The minimum Gasteiger partial charge on any atom is -0.368 e. The minimum absolute atomic E-state index is 0.158. The highest BCUT2D eigenvalue weighted by atomic mass is 19.1. The first kappa shape index (κ1) is 22.6. The van der Waals surface area contributed by atoms with Crippen molar-refractivity contribution < 1.29 is 8.78 Å². The topological polar surface area (TPSA) is 124 Å². The van der Waals surface area contributed by atoms with Gasteiger partial charge in [0.05, 0.1) is 11.3 Å². The number of nitrogens with two attached hydrogens (primary N) is 1. The van der Waals surface area contributed by atoms with E-state index in [-0.39, 0.29) is 5.95 Å². The summed E-state index contributed by atoms with van der Waals surface area (Å²) in [5, 5.41) is 15.6. The molecule has 0 amide bonds. The van der Waals surface area contributed by atoms with Crippen LogP contribution >= 0.6 is 0 Å². The molecule has 1 aromatic carbocycles. The molecule has 1 aliphatic heterocycles. The number of nitrogen functional groups attached to an aromatic ring is 1. The lowest BCUT2D eigenvalue weighted by molar-refractivity contribution is 0.266. The number of rotatable bonds is 7. The Hall–Kier alpha value is -4.19. The quantitative estimate of drug-likeness (QED) is 0.346. The molecule has 12 heteroatoms. The predicted octanol–water partition coefficient (Wildman–Crippen LogP) is 2.28. The molecule has 1 aliphatic rings. The van der Waals surface area contributed by atoms with Crippen LogP contribution in [0.2, 0.25) is 0 Å². The van der Waals surface area contributed by atoms with E-state index in [1.807, 2.05) is 11.0 Å². The first-order valence-corrected chi connectivity index (χ1v) is 11.2. The van der Waals surface area contributed by atoms with Gasteiger partial charge in [-0.25, -0.2) is 13.8 Å². The second-order valence-corrected chi connectivity index (χ2v) is 8.14. The molecular weight excluding hydrogens is 454 g/mol. The third kappa shape index (κ3) is 4.60. The third-order valence-electron chi connectivity index (χ3n) is 5.95. The fourth-order valence-corrected chi connectivity index (χ4v) is 4.14. The number of piperazine rings is 1.